The number of nitrogens with one attached hydrogen (secondary N) is 1. The molecule has 0 saturated heterocycles. The molecule has 1 atom stereocenters. The third-order valence-corrected chi connectivity index (χ3v) is 3.69. The van der Waals surface area contributed by atoms with Crippen molar-refractivity contribution < 1.29 is 4.42 Å². The molecule has 94 valence electrons. The molecule has 0 amide bonds. The highest BCUT2D eigenvalue weighted by Gasteiger charge is 2.23. The molecule has 0 saturated carbocycles. The first-order valence-electron chi connectivity index (χ1n) is 6.56. The van der Waals surface area contributed by atoms with E-state index >= 15 is 0 Å². The first kappa shape index (κ1) is 10.8. The number of rotatable bonds is 1. The quantitative estimate of drug-likeness (QED) is 0.720. The molecule has 1 aliphatic heterocycles. The summed E-state index contributed by atoms with van der Waals surface area (Å²) in [7, 11) is 0. The maximum Gasteiger partial charge on any atom is 0.212 e. The van der Waals surface area contributed by atoms with Crippen molar-refractivity contribution in [1.82, 2.24) is 10.3 Å². The highest BCUT2D eigenvalue weighted by atomic mass is 16.3. The molecule has 0 spiro atoms. The Morgan fingerprint density at radius 1 is 1.00 bits per heavy atom. The fourth-order valence-corrected chi connectivity index (χ4v) is 2.67. The van der Waals surface area contributed by atoms with E-state index in [2.05, 4.69) is 34.6 Å². The van der Waals surface area contributed by atoms with Gasteiger partial charge in [0.15, 0.2) is 5.58 Å². The van der Waals surface area contributed by atoms with Crippen molar-refractivity contribution in [2.75, 3.05) is 0 Å². The number of oxazole rings is 1. The van der Waals surface area contributed by atoms with Crippen molar-refractivity contribution in [2.24, 2.45) is 0 Å². The number of aromatic nitrogens is 1. The topological polar surface area (TPSA) is 38.1 Å². The molecule has 3 aromatic rings. The lowest BCUT2D eigenvalue weighted by Gasteiger charge is -2.23. The summed E-state index contributed by atoms with van der Waals surface area (Å²) >= 11 is 0. The molecular weight excluding hydrogens is 236 g/mol. The van der Waals surface area contributed by atoms with E-state index in [9.17, 15) is 0 Å². The Kier molecular flexibility index (Phi) is 2.38. The normalized spacial score (nSPS) is 18.4. The van der Waals surface area contributed by atoms with Crippen LogP contribution in [0, 0.1) is 0 Å². The molecule has 1 N–H and O–H groups in total. The van der Waals surface area contributed by atoms with Crippen LogP contribution in [-0.4, -0.2) is 4.98 Å². The maximum absolute atomic E-state index is 5.85. The summed E-state index contributed by atoms with van der Waals surface area (Å²) < 4.78 is 5.85. The average Bonchev–Trinajstić information content (AvgIpc) is 2.90. The zero-order valence-corrected chi connectivity index (χ0v) is 10.5. The predicted octanol–water partition coefficient (Wildman–Crippen LogP) is 3.21. The third-order valence-electron chi connectivity index (χ3n) is 3.69. The smallest absolute Gasteiger partial charge is 0.212 e. The second-order valence-corrected chi connectivity index (χ2v) is 4.93. The summed E-state index contributed by atoms with van der Waals surface area (Å²) in [6.45, 7) is 0.875. The fourth-order valence-electron chi connectivity index (χ4n) is 2.67. The van der Waals surface area contributed by atoms with Crippen LogP contribution in [-0.2, 0) is 13.0 Å². The Morgan fingerprint density at radius 3 is 2.68 bits per heavy atom. The van der Waals surface area contributed by atoms with E-state index in [4.69, 9.17) is 4.42 Å². The maximum atomic E-state index is 5.85. The van der Waals surface area contributed by atoms with Crippen LogP contribution in [0.2, 0.25) is 0 Å². The van der Waals surface area contributed by atoms with Gasteiger partial charge in [0.2, 0.25) is 5.89 Å². The number of hydrogen-bond acceptors (Lipinski definition) is 3. The first-order valence-corrected chi connectivity index (χ1v) is 6.56. The third kappa shape index (κ3) is 1.83. The van der Waals surface area contributed by atoms with E-state index in [0.29, 0.717) is 0 Å². The van der Waals surface area contributed by atoms with Gasteiger partial charge < -0.3 is 9.73 Å². The SMILES string of the molecule is c1ccc2c(c1)CNC(c1nc3ccccc3o1)C2. The Balaban J connectivity index is 1.70. The average molecular weight is 250 g/mol. The number of hydrogen-bond donors (Lipinski definition) is 1. The van der Waals surface area contributed by atoms with Gasteiger partial charge in [0.25, 0.3) is 0 Å². The van der Waals surface area contributed by atoms with Gasteiger partial charge in [0.1, 0.15) is 5.52 Å². The number of benzene rings is 2. The van der Waals surface area contributed by atoms with Gasteiger partial charge in [0.05, 0.1) is 6.04 Å². The standard InChI is InChI=1S/C16H14N2O/c1-2-6-12-10-17-14(9-11(12)5-1)16-18-13-7-3-4-8-15(13)19-16/h1-8,14,17H,9-10H2. The predicted molar refractivity (Wildman–Crippen MR) is 73.7 cm³/mol. The van der Waals surface area contributed by atoms with Crippen LogP contribution in [0.4, 0.5) is 0 Å². The van der Waals surface area contributed by atoms with Gasteiger partial charge >= 0.3 is 0 Å². The van der Waals surface area contributed by atoms with Gasteiger partial charge in [-0.3, -0.25) is 0 Å². The zero-order chi connectivity index (χ0) is 12.7. The Labute approximate surface area is 111 Å². The summed E-state index contributed by atoms with van der Waals surface area (Å²) in [4.78, 5) is 4.58. The van der Waals surface area contributed by atoms with Crippen molar-refractivity contribution in [1.29, 1.82) is 0 Å². The summed E-state index contributed by atoms with van der Waals surface area (Å²) in [5.41, 5.74) is 4.54. The van der Waals surface area contributed by atoms with Crippen molar-refractivity contribution in [2.45, 2.75) is 19.0 Å². The van der Waals surface area contributed by atoms with Crippen LogP contribution >= 0.6 is 0 Å². The summed E-state index contributed by atoms with van der Waals surface area (Å²) in [6, 6.07) is 16.6. The molecule has 4 rings (SSSR count). The van der Waals surface area contributed by atoms with Crippen LogP contribution in [0.1, 0.15) is 23.1 Å². The first-order chi connectivity index (χ1) is 9.40. The molecule has 0 fully saturated rings. The van der Waals surface area contributed by atoms with Crippen LogP contribution in [0.3, 0.4) is 0 Å². The lowest BCUT2D eigenvalue weighted by Crippen LogP contribution is -2.28. The van der Waals surface area contributed by atoms with E-state index in [1.165, 1.54) is 11.1 Å². The minimum absolute atomic E-state index is 0.169. The van der Waals surface area contributed by atoms with Gasteiger partial charge in [-0.05, 0) is 29.7 Å². The molecule has 2 heterocycles. The largest absolute Gasteiger partial charge is 0.439 e. The number of nitrogens with zero attached hydrogens (tertiary/aromatic N) is 1. The van der Waals surface area contributed by atoms with Gasteiger partial charge in [-0.2, -0.15) is 0 Å². The van der Waals surface area contributed by atoms with Gasteiger partial charge in [-0.25, -0.2) is 4.98 Å². The van der Waals surface area contributed by atoms with Crippen LogP contribution in [0.5, 0.6) is 0 Å². The summed E-state index contributed by atoms with van der Waals surface area (Å²) in [6.07, 6.45) is 0.934. The zero-order valence-electron chi connectivity index (χ0n) is 10.5. The second-order valence-electron chi connectivity index (χ2n) is 4.93. The molecular formula is C16H14N2O. The monoisotopic (exact) mass is 250 g/mol. The molecule has 3 nitrogen and oxygen atoms in total. The second kappa shape index (κ2) is 4.21. The Morgan fingerprint density at radius 2 is 1.79 bits per heavy atom. The van der Waals surface area contributed by atoms with Gasteiger partial charge in [0, 0.05) is 6.54 Å². The minimum atomic E-state index is 0.169. The Hall–Kier alpha value is -2.13. The number of fused-ring (bicyclic) bond motifs is 2. The highest BCUT2D eigenvalue weighted by Crippen LogP contribution is 2.27. The number of para-hydroxylation sites is 2. The molecule has 0 bridgehead atoms. The molecule has 1 aromatic heterocycles. The lowest BCUT2D eigenvalue weighted by molar-refractivity contribution is 0.395. The van der Waals surface area contributed by atoms with Gasteiger partial charge in [-0.1, -0.05) is 36.4 Å². The van der Waals surface area contributed by atoms with Crippen LogP contribution in [0.25, 0.3) is 11.1 Å². The van der Waals surface area contributed by atoms with Crippen LogP contribution < -0.4 is 5.32 Å². The molecule has 1 unspecified atom stereocenters. The van der Waals surface area contributed by atoms with E-state index in [0.717, 1.165) is 30.0 Å². The van der Waals surface area contributed by atoms with Crippen molar-refractivity contribution in [3.05, 3.63) is 65.5 Å². The molecule has 0 aliphatic carbocycles. The van der Waals surface area contributed by atoms with Crippen molar-refractivity contribution in [3.63, 3.8) is 0 Å². The minimum Gasteiger partial charge on any atom is -0.439 e. The fraction of sp³-hybridized carbons (Fsp3) is 0.188. The van der Waals surface area contributed by atoms with E-state index in [-0.39, 0.29) is 6.04 Å². The van der Waals surface area contributed by atoms with Crippen molar-refractivity contribution >= 4 is 11.1 Å². The van der Waals surface area contributed by atoms with E-state index in [1.54, 1.807) is 0 Å². The van der Waals surface area contributed by atoms with Crippen LogP contribution in [0.15, 0.2) is 52.9 Å². The summed E-state index contributed by atoms with van der Waals surface area (Å²) in [5.74, 6) is 0.788. The molecule has 1 aliphatic rings. The van der Waals surface area contributed by atoms with Crippen molar-refractivity contribution in [3.8, 4) is 0 Å². The molecule has 2 aromatic carbocycles. The molecule has 0 radical (unpaired) electrons. The van der Waals surface area contributed by atoms with E-state index < -0.39 is 0 Å². The summed E-state index contributed by atoms with van der Waals surface area (Å²) in [5, 5.41) is 3.50. The molecule has 19 heavy (non-hydrogen) atoms. The molecule has 3 heteroatoms. The highest BCUT2D eigenvalue weighted by molar-refractivity contribution is 5.72. The Bertz CT molecular complexity index is 699. The van der Waals surface area contributed by atoms with Gasteiger partial charge in [-0.15, -0.1) is 0 Å². The van der Waals surface area contributed by atoms with E-state index in [1.807, 2.05) is 24.3 Å². The lowest BCUT2D eigenvalue weighted by atomic mass is 9.96.